The molecular formula is C28H30N11NaO7S2. The number of nitrogens with two attached hydrogens (primary N) is 1. The van der Waals surface area contributed by atoms with Gasteiger partial charge < -0.3 is 36.5 Å². The Kier molecular flexibility index (Phi) is 11.2. The number of nitrogens with one attached hydrogen (secondary N) is 2. The van der Waals surface area contributed by atoms with Crippen molar-refractivity contribution in [1.29, 1.82) is 0 Å². The van der Waals surface area contributed by atoms with Crippen LogP contribution in [-0.4, -0.2) is 98.1 Å². The summed E-state index contributed by atoms with van der Waals surface area (Å²) in [6.07, 6.45) is 5.09. The van der Waals surface area contributed by atoms with Crippen LogP contribution in [-0.2, 0) is 21.4 Å². The summed E-state index contributed by atoms with van der Waals surface area (Å²) in [5, 5.41) is 49.6. The number of tetrazole rings is 1. The van der Waals surface area contributed by atoms with Crippen LogP contribution in [0.25, 0.3) is 0 Å². The first-order chi connectivity index (χ1) is 23.0. The number of primary amides is 1. The van der Waals surface area contributed by atoms with Gasteiger partial charge in [0.1, 0.15) is 28.9 Å². The van der Waals surface area contributed by atoms with E-state index >= 15 is 0 Å². The Morgan fingerprint density at radius 2 is 1.92 bits per heavy atom. The number of urea groups is 1. The number of rotatable bonds is 11. The van der Waals surface area contributed by atoms with Crippen molar-refractivity contribution in [2.45, 2.75) is 54.3 Å². The van der Waals surface area contributed by atoms with Crippen LogP contribution in [0.2, 0.25) is 0 Å². The Morgan fingerprint density at radius 3 is 2.53 bits per heavy atom. The van der Waals surface area contributed by atoms with Crippen LogP contribution in [0, 0.1) is 0 Å². The van der Waals surface area contributed by atoms with Gasteiger partial charge in [0.25, 0.3) is 5.91 Å². The van der Waals surface area contributed by atoms with Crippen molar-refractivity contribution in [3.8, 4) is 11.6 Å². The van der Waals surface area contributed by atoms with E-state index in [0.29, 0.717) is 10.7 Å². The summed E-state index contributed by atoms with van der Waals surface area (Å²) in [7, 11) is 1.64. The molecule has 2 fully saturated rings. The molecule has 4 heterocycles. The number of carboxylic acids is 1. The van der Waals surface area contributed by atoms with Gasteiger partial charge in [-0.05, 0) is 46.5 Å². The molecule has 1 saturated carbocycles. The average Bonchev–Trinajstić information content (AvgIpc) is 3.73. The number of aliphatic carboxylic acids is 1. The molecule has 0 radical (unpaired) electrons. The number of carbonyl (C=O) groups excluding carboxylic acids is 4. The zero-order chi connectivity index (χ0) is 34.1. The zero-order valence-electron chi connectivity index (χ0n) is 26.3. The first-order valence-electron chi connectivity index (χ1n) is 14.8. The second kappa shape index (κ2) is 15.2. The molecule has 252 valence electrons. The number of carbonyl (C=O) groups is 4. The number of nitrogens with zero attached hydrogens (tertiary/aromatic N) is 8. The van der Waals surface area contributed by atoms with Gasteiger partial charge in [0.2, 0.25) is 22.9 Å². The molecule has 3 aliphatic rings. The van der Waals surface area contributed by atoms with Crippen LogP contribution in [0.5, 0.6) is 11.6 Å². The van der Waals surface area contributed by atoms with E-state index in [1.165, 1.54) is 52.5 Å². The fourth-order valence-electron chi connectivity index (χ4n) is 5.83. The first-order valence-corrected chi connectivity index (χ1v) is 16.8. The molecular weight excluding hydrogens is 690 g/mol. The molecule has 3 aromatic rings. The molecule has 1 saturated heterocycles. The number of aryl methyl sites for hydroxylation is 1. The van der Waals surface area contributed by atoms with Crippen LogP contribution in [0.15, 0.2) is 46.9 Å². The van der Waals surface area contributed by atoms with Crippen LogP contribution < -0.4 is 55.9 Å². The number of phenolic OH excluding ortho intramolecular Hbond substituents is 1. The maximum atomic E-state index is 14.0. The van der Waals surface area contributed by atoms with Crippen molar-refractivity contribution < 1.29 is 64.1 Å². The van der Waals surface area contributed by atoms with Gasteiger partial charge in [0.05, 0.1) is 17.9 Å². The number of hydrogen-bond donors (Lipinski definition) is 5. The van der Waals surface area contributed by atoms with Crippen molar-refractivity contribution in [2.24, 2.45) is 12.8 Å². The van der Waals surface area contributed by atoms with Gasteiger partial charge in [0.15, 0.2) is 0 Å². The number of phenols is 1. The minimum atomic E-state index is -1.56. The fraction of sp³-hybridized carbons (Fsp3) is 0.393. The van der Waals surface area contributed by atoms with Gasteiger partial charge >= 0.3 is 35.6 Å². The molecule has 4 amide bonds. The number of benzene rings is 1. The molecule has 0 spiro atoms. The molecule has 3 atom stereocenters. The smallest absolute Gasteiger partial charge is 0.543 e. The van der Waals surface area contributed by atoms with Gasteiger partial charge in [-0.3, -0.25) is 19.4 Å². The van der Waals surface area contributed by atoms with E-state index in [-0.39, 0.29) is 75.8 Å². The number of β-lactam (4-membered cyclic amide) rings is 1. The number of aromatic nitrogens is 6. The van der Waals surface area contributed by atoms with Gasteiger partial charge in [-0.15, -0.1) is 16.9 Å². The van der Waals surface area contributed by atoms with Crippen molar-refractivity contribution in [1.82, 2.24) is 40.4 Å². The van der Waals surface area contributed by atoms with E-state index in [0.717, 1.165) is 41.7 Å². The minimum Gasteiger partial charge on any atom is -0.543 e. The quantitative estimate of drug-likeness (QED) is 0.0735. The Morgan fingerprint density at radius 1 is 1.20 bits per heavy atom. The number of amides is 4. The van der Waals surface area contributed by atoms with E-state index in [4.69, 9.17) is 5.73 Å². The molecule has 0 bridgehead atoms. The van der Waals surface area contributed by atoms with Crippen LogP contribution >= 0.6 is 23.5 Å². The van der Waals surface area contributed by atoms with Gasteiger partial charge in [0, 0.05) is 24.6 Å². The largest absolute Gasteiger partial charge is 1.00 e. The predicted molar refractivity (Wildman–Crippen MR) is 169 cm³/mol. The van der Waals surface area contributed by atoms with E-state index in [9.17, 15) is 34.5 Å². The van der Waals surface area contributed by atoms with Gasteiger partial charge in [-0.25, -0.2) is 14.5 Å². The number of thioether (sulfide) groups is 2. The third kappa shape index (κ3) is 7.42. The van der Waals surface area contributed by atoms with E-state index in [1.807, 2.05) is 0 Å². The molecule has 2 aromatic heterocycles. The van der Waals surface area contributed by atoms with E-state index < -0.39 is 47.2 Å². The Bertz CT molecular complexity index is 1790. The van der Waals surface area contributed by atoms with Gasteiger partial charge in [-0.2, -0.15) is 4.98 Å². The molecule has 2 unspecified atom stereocenters. The predicted octanol–water partition coefficient (Wildman–Crippen LogP) is -3.41. The molecule has 6 rings (SSSR count). The SMILES string of the molecule is Cn1nnnc1SCC1=C(C(=O)[O-])N2C(=O)C(NC(=O)C(c3ccc(O)cc3)N(C(N)=O)c3cnc(NC4CCCC4)nc3O)[C@@H]2SC1.[Na+]. The molecule has 21 heteroatoms. The molecule has 49 heavy (non-hydrogen) atoms. The normalized spacial score (nSPS) is 19.4. The van der Waals surface area contributed by atoms with E-state index in [2.05, 4.69) is 36.1 Å². The minimum absolute atomic E-state index is 0. The maximum Gasteiger partial charge on any atom is 1.00 e. The summed E-state index contributed by atoms with van der Waals surface area (Å²) in [5.41, 5.74) is 5.79. The molecule has 2 aliphatic heterocycles. The second-order valence-electron chi connectivity index (χ2n) is 11.2. The topological polar surface area (TPSA) is 258 Å². The summed E-state index contributed by atoms with van der Waals surface area (Å²) in [5.74, 6) is -3.35. The van der Waals surface area contributed by atoms with Crippen molar-refractivity contribution in [3.63, 3.8) is 0 Å². The second-order valence-corrected chi connectivity index (χ2v) is 13.3. The maximum absolute atomic E-state index is 14.0. The van der Waals surface area contributed by atoms with Crippen molar-refractivity contribution in [3.05, 3.63) is 47.3 Å². The number of fused-ring (bicyclic) bond motifs is 1. The summed E-state index contributed by atoms with van der Waals surface area (Å²) >= 11 is 2.43. The Labute approximate surface area is 309 Å². The number of carboxylic acid groups (broad SMARTS) is 1. The van der Waals surface area contributed by atoms with Crippen LogP contribution in [0.3, 0.4) is 0 Å². The molecule has 18 nitrogen and oxygen atoms in total. The summed E-state index contributed by atoms with van der Waals surface area (Å²) in [6.45, 7) is 0. The third-order valence-corrected chi connectivity index (χ3v) is 10.6. The zero-order valence-corrected chi connectivity index (χ0v) is 30.0. The summed E-state index contributed by atoms with van der Waals surface area (Å²) < 4.78 is 1.43. The van der Waals surface area contributed by atoms with Crippen molar-refractivity contribution in [2.75, 3.05) is 21.7 Å². The average molecular weight is 720 g/mol. The summed E-state index contributed by atoms with van der Waals surface area (Å²) in [4.78, 5) is 62.8. The summed E-state index contributed by atoms with van der Waals surface area (Å²) in [6, 6.07) is 1.59. The number of hydrogen-bond acceptors (Lipinski definition) is 15. The molecule has 1 aliphatic carbocycles. The van der Waals surface area contributed by atoms with Gasteiger partial charge in [-0.1, -0.05) is 36.7 Å². The standard InChI is InChI=1S/C28H31N11O7S2.Na/c1-37-28(34-35-36-37)48-12-14-11-47-24-18(23(43)39(24)20(14)25(44)45)32-22(42)19(13-6-8-16(40)9-7-13)38(26(29)46)17-10-30-27(33-21(17)41)31-15-4-2-3-5-15;/h6-10,15,18-19,24,40H,2-5,11-12H2,1H3,(H2,29,46)(H,32,42)(H,44,45)(H2,30,31,33,41);/q;+1/p-1/t18?,19?,24-;/m0./s1. The fourth-order valence-corrected chi connectivity index (χ4v) is 8.16. The first kappa shape index (κ1) is 36.2. The van der Waals surface area contributed by atoms with Crippen LogP contribution in [0.4, 0.5) is 16.4 Å². The third-order valence-electron chi connectivity index (χ3n) is 8.15. The Balaban J connectivity index is 0.00000468. The van der Waals surface area contributed by atoms with Crippen LogP contribution in [0.1, 0.15) is 37.3 Å². The monoisotopic (exact) mass is 719 g/mol. The molecule has 6 N–H and O–H groups in total. The van der Waals surface area contributed by atoms with E-state index in [1.54, 1.807) is 7.05 Å². The number of aromatic hydroxyl groups is 2. The Hall–Kier alpha value is -4.11. The van der Waals surface area contributed by atoms with Crippen molar-refractivity contribution >= 4 is 59.0 Å². The molecule has 1 aromatic carbocycles. The number of anilines is 2.